The first-order valence-electron chi connectivity index (χ1n) is 9.26. The van der Waals surface area contributed by atoms with Gasteiger partial charge in [-0.05, 0) is 31.5 Å². The van der Waals surface area contributed by atoms with E-state index in [0.717, 1.165) is 11.1 Å². The molecule has 0 aliphatic rings. The van der Waals surface area contributed by atoms with Crippen LogP contribution in [0.15, 0.2) is 59.4 Å². The van der Waals surface area contributed by atoms with Gasteiger partial charge in [0.05, 0.1) is 5.56 Å². The molecule has 0 saturated carbocycles. The lowest BCUT2D eigenvalue weighted by Gasteiger charge is -2.16. The molecule has 7 nitrogen and oxygen atoms in total. The minimum absolute atomic E-state index is 0.192. The fraction of sp³-hybridized carbons (Fsp3) is 0.182. The number of aromatic nitrogens is 2. The average molecular weight is 390 g/mol. The van der Waals surface area contributed by atoms with Crippen molar-refractivity contribution in [1.82, 2.24) is 9.78 Å². The topological polar surface area (TPSA) is 107 Å². The predicted octanol–water partition coefficient (Wildman–Crippen LogP) is 2.84. The van der Waals surface area contributed by atoms with E-state index in [1.54, 1.807) is 18.2 Å². The van der Waals surface area contributed by atoms with Gasteiger partial charge in [0, 0.05) is 24.2 Å². The molecular weight excluding hydrogens is 368 g/mol. The Morgan fingerprint density at radius 3 is 2.45 bits per heavy atom. The molecule has 0 aliphatic carbocycles. The molecule has 0 bridgehead atoms. The molecule has 1 amide bonds. The van der Waals surface area contributed by atoms with Crippen LogP contribution in [-0.4, -0.2) is 21.5 Å². The van der Waals surface area contributed by atoms with E-state index >= 15 is 0 Å². The van der Waals surface area contributed by atoms with Gasteiger partial charge in [0.25, 0.3) is 5.56 Å². The van der Waals surface area contributed by atoms with Gasteiger partial charge in [-0.1, -0.05) is 42.5 Å². The second-order valence-corrected chi connectivity index (χ2v) is 6.56. The number of amides is 1. The zero-order valence-electron chi connectivity index (χ0n) is 16.3. The normalized spacial score (nSPS) is 10.6. The number of rotatable bonds is 7. The van der Waals surface area contributed by atoms with Crippen LogP contribution in [0.2, 0.25) is 0 Å². The molecule has 1 heterocycles. The molecule has 0 radical (unpaired) electrons. The van der Waals surface area contributed by atoms with Gasteiger partial charge >= 0.3 is 0 Å². The summed E-state index contributed by atoms with van der Waals surface area (Å²) in [4.78, 5) is 36.8. The van der Waals surface area contributed by atoms with E-state index in [2.05, 4.69) is 10.4 Å². The van der Waals surface area contributed by atoms with E-state index in [1.165, 1.54) is 11.6 Å². The second kappa shape index (κ2) is 8.52. The summed E-state index contributed by atoms with van der Waals surface area (Å²) in [6.45, 7) is 3.84. The van der Waals surface area contributed by atoms with Crippen LogP contribution < -0.4 is 16.6 Å². The minimum atomic E-state index is -0.528. The van der Waals surface area contributed by atoms with Crippen LogP contribution in [-0.2, 0) is 13.1 Å². The maximum atomic E-state index is 12.9. The molecule has 3 N–H and O–H groups in total. The van der Waals surface area contributed by atoms with Gasteiger partial charge in [0.1, 0.15) is 11.4 Å². The van der Waals surface area contributed by atoms with Crippen molar-refractivity contribution in [3.63, 3.8) is 0 Å². The molecular formula is C22H22N4O3. The van der Waals surface area contributed by atoms with Crippen molar-refractivity contribution in [3.8, 4) is 11.3 Å². The molecule has 2 aromatic carbocycles. The summed E-state index contributed by atoms with van der Waals surface area (Å²) >= 11 is 0. The van der Waals surface area contributed by atoms with Crippen molar-refractivity contribution in [2.24, 2.45) is 5.73 Å². The number of anilines is 1. The summed E-state index contributed by atoms with van der Waals surface area (Å²) in [6.07, 6.45) is 0. The fourth-order valence-corrected chi connectivity index (χ4v) is 3.11. The van der Waals surface area contributed by atoms with Gasteiger partial charge in [-0.15, -0.1) is 0 Å². The molecule has 0 atom stereocenters. The zero-order chi connectivity index (χ0) is 21.0. The molecule has 148 valence electrons. The first kappa shape index (κ1) is 20.0. The van der Waals surface area contributed by atoms with Gasteiger partial charge < -0.3 is 11.1 Å². The number of benzene rings is 2. The molecule has 7 heteroatoms. The number of hydrogen-bond donors (Lipinski definition) is 2. The monoisotopic (exact) mass is 390 g/mol. The standard InChI is InChI=1S/C22H22N4O3/c1-3-26-22(29)20(24-13-15-8-7-11-17(12-15)21(23)28)18(14(2)27)19(25-26)16-9-5-4-6-10-16/h4-12,24H,3,13H2,1-2H3,(H2,23,28). The third kappa shape index (κ3) is 4.24. The van der Waals surface area contributed by atoms with E-state index < -0.39 is 5.91 Å². The van der Waals surface area contributed by atoms with Crippen LogP contribution in [0.25, 0.3) is 11.3 Å². The van der Waals surface area contributed by atoms with E-state index in [-0.39, 0.29) is 29.1 Å². The van der Waals surface area contributed by atoms with Crippen LogP contribution in [0.4, 0.5) is 5.69 Å². The molecule has 3 rings (SSSR count). The second-order valence-electron chi connectivity index (χ2n) is 6.56. The number of carbonyl (C=O) groups is 2. The maximum Gasteiger partial charge on any atom is 0.290 e. The van der Waals surface area contributed by atoms with Gasteiger partial charge in [0.15, 0.2) is 5.78 Å². The number of primary amides is 1. The van der Waals surface area contributed by atoms with Crippen molar-refractivity contribution >= 4 is 17.4 Å². The van der Waals surface area contributed by atoms with E-state index in [0.29, 0.717) is 17.8 Å². The highest BCUT2D eigenvalue weighted by Crippen LogP contribution is 2.26. The third-order valence-electron chi connectivity index (χ3n) is 4.54. The van der Waals surface area contributed by atoms with Crippen LogP contribution in [0.5, 0.6) is 0 Å². The molecule has 0 aliphatic heterocycles. The summed E-state index contributed by atoms with van der Waals surface area (Å²) in [5.41, 5.74) is 7.74. The molecule has 3 aromatic rings. The molecule has 0 spiro atoms. The fourth-order valence-electron chi connectivity index (χ4n) is 3.11. The number of nitrogens with two attached hydrogens (primary N) is 1. The predicted molar refractivity (Wildman–Crippen MR) is 112 cm³/mol. The number of aryl methyl sites for hydroxylation is 1. The first-order valence-corrected chi connectivity index (χ1v) is 9.26. The van der Waals surface area contributed by atoms with Crippen molar-refractivity contribution in [1.29, 1.82) is 0 Å². The van der Waals surface area contributed by atoms with Crippen molar-refractivity contribution in [2.45, 2.75) is 26.9 Å². The zero-order valence-corrected chi connectivity index (χ0v) is 16.3. The van der Waals surface area contributed by atoms with Crippen molar-refractivity contribution < 1.29 is 9.59 Å². The Labute approximate surface area is 168 Å². The Balaban J connectivity index is 2.10. The van der Waals surface area contributed by atoms with Crippen LogP contribution >= 0.6 is 0 Å². The molecule has 0 fully saturated rings. The van der Waals surface area contributed by atoms with E-state index in [1.807, 2.05) is 43.3 Å². The Hall–Kier alpha value is -3.74. The number of hydrogen-bond acceptors (Lipinski definition) is 5. The quantitative estimate of drug-likeness (QED) is 0.603. The van der Waals surface area contributed by atoms with E-state index in [9.17, 15) is 14.4 Å². The highest BCUT2D eigenvalue weighted by molar-refractivity contribution is 6.04. The largest absolute Gasteiger partial charge is 0.376 e. The highest BCUT2D eigenvalue weighted by Gasteiger charge is 2.21. The van der Waals surface area contributed by atoms with Crippen molar-refractivity contribution in [3.05, 3.63) is 81.6 Å². The highest BCUT2D eigenvalue weighted by atomic mass is 16.1. The summed E-state index contributed by atoms with van der Waals surface area (Å²) < 4.78 is 1.33. The van der Waals surface area contributed by atoms with Gasteiger partial charge in [0.2, 0.25) is 5.91 Å². The number of ketones is 1. The lowest BCUT2D eigenvalue weighted by atomic mass is 10.0. The lowest BCUT2D eigenvalue weighted by Crippen LogP contribution is -2.29. The molecule has 1 aromatic heterocycles. The SMILES string of the molecule is CCn1nc(-c2ccccc2)c(C(C)=O)c(NCc2cccc(C(N)=O)c2)c1=O. The summed E-state index contributed by atoms with van der Waals surface area (Å²) in [7, 11) is 0. The Bertz CT molecular complexity index is 1120. The smallest absolute Gasteiger partial charge is 0.290 e. The van der Waals surface area contributed by atoms with Crippen LogP contribution in [0.3, 0.4) is 0 Å². The number of carbonyl (C=O) groups excluding carboxylic acids is 2. The summed E-state index contributed by atoms with van der Waals surface area (Å²) in [5, 5.41) is 7.50. The van der Waals surface area contributed by atoms with Crippen LogP contribution in [0, 0.1) is 0 Å². The Kier molecular flexibility index (Phi) is 5.87. The minimum Gasteiger partial charge on any atom is -0.376 e. The average Bonchev–Trinajstić information content (AvgIpc) is 2.73. The first-order chi connectivity index (χ1) is 13.9. The maximum absolute atomic E-state index is 12.9. The Morgan fingerprint density at radius 2 is 1.83 bits per heavy atom. The Morgan fingerprint density at radius 1 is 1.10 bits per heavy atom. The molecule has 29 heavy (non-hydrogen) atoms. The third-order valence-corrected chi connectivity index (χ3v) is 4.54. The van der Waals surface area contributed by atoms with Gasteiger partial charge in [-0.3, -0.25) is 14.4 Å². The summed E-state index contributed by atoms with van der Waals surface area (Å²) in [5.74, 6) is -0.787. The lowest BCUT2D eigenvalue weighted by molar-refractivity contribution is 0.0996. The molecule has 0 saturated heterocycles. The van der Waals surface area contributed by atoms with Gasteiger partial charge in [-0.25, -0.2) is 4.68 Å². The van der Waals surface area contributed by atoms with E-state index in [4.69, 9.17) is 5.73 Å². The molecule has 0 unspecified atom stereocenters. The number of nitrogens with one attached hydrogen (secondary N) is 1. The van der Waals surface area contributed by atoms with Gasteiger partial charge in [-0.2, -0.15) is 5.10 Å². The van der Waals surface area contributed by atoms with Crippen molar-refractivity contribution in [2.75, 3.05) is 5.32 Å². The number of nitrogens with zero attached hydrogens (tertiary/aromatic N) is 2. The number of Topliss-reactive ketones (excluding diaryl/α,β-unsaturated/α-hetero) is 1. The van der Waals surface area contributed by atoms with Crippen LogP contribution in [0.1, 0.15) is 40.1 Å². The summed E-state index contributed by atoms with van der Waals surface area (Å²) in [6, 6.07) is 16.1.